The van der Waals surface area contributed by atoms with Crippen LogP contribution in [-0.2, 0) is 0 Å². The zero-order valence-electron chi connectivity index (χ0n) is 14.6. The van der Waals surface area contributed by atoms with E-state index in [0.717, 1.165) is 25.7 Å². The van der Waals surface area contributed by atoms with E-state index in [1.165, 1.54) is 24.4 Å². The number of fused-ring (bicyclic) bond motifs is 1. The summed E-state index contributed by atoms with van der Waals surface area (Å²) in [5.74, 6) is -0.736. The smallest absolute Gasteiger partial charge is 0.222 e. The predicted molar refractivity (Wildman–Crippen MR) is 97.5 cm³/mol. The van der Waals surface area contributed by atoms with Crippen LogP contribution in [0.5, 0.6) is 0 Å². The number of nitrogens with two attached hydrogens (primary N) is 1. The van der Waals surface area contributed by atoms with Crippen LogP contribution in [-0.4, -0.2) is 31.2 Å². The summed E-state index contributed by atoms with van der Waals surface area (Å²) in [6.45, 7) is 0.165. The highest BCUT2D eigenvalue weighted by Gasteiger charge is 2.27. The van der Waals surface area contributed by atoms with Crippen LogP contribution in [0.1, 0.15) is 31.7 Å². The first-order chi connectivity index (χ1) is 13.1. The van der Waals surface area contributed by atoms with E-state index in [1.54, 1.807) is 0 Å². The molecule has 3 aromatic rings. The molecule has 0 unspecified atom stereocenters. The molecule has 1 fully saturated rings. The van der Waals surface area contributed by atoms with Crippen LogP contribution in [0, 0.1) is 17.6 Å². The first kappa shape index (κ1) is 17.6. The lowest BCUT2D eigenvalue weighted by Gasteiger charge is -2.29. The summed E-state index contributed by atoms with van der Waals surface area (Å²) >= 11 is 0. The molecule has 4 N–H and O–H groups in total. The summed E-state index contributed by atoms with van der Waals surface area (Å²) in [4.78, 5) is 12.7. The Kier molecular flexibility index (Phi) is 4.61. The maximum Gasteiger partial charge on any atom is 0.222 e. The van der Waals surface area contributed by atoms with Crippen LogP contribution in [0.2, 0.25) is 0 Å². The number of rotatable bonds is 4. The van der Waals surface area contributed by atoms with Crippen molar-refractivity contribution >= 4 is 28.7 Å². The monoisotopic (exact) mass is 374 g/mol. The lowest BCUT2D eigenvalue weighted by atomic mass is 9.86. The Morgan fingerprint density at radius 2 is 1.85 bits per heavy atom. The summed E-state index contributed by atoms with van der Waals surface area (Å²) in [7, 11) is 0. The number of para-hydroxylation sites is 1. The Labute approximate surface area is 154 Å². The molecule has 27 heavy (non-hydrogen) atoms. The average molecular weight is 374 g/mol. The molecule has 2 aromatic heterocycles. The molecule has 0 atom stereocenters. The van der Waals surface area contributed by atoms with Gasteiger partial charge in [-0.05, 0) is 43.7 Å². The van der Waals surface area contributed by atoms with Crippen molar-refractivity contribution < 1.29 is 13.9 Å². The molecule has 7 nitrogen and oxygen atoms in total. The molecule has 0 radical (unpaired) electrons. The Bertz CT molecular complexity index is 948. The molecule has 142 valence electrons. The molecule has 4 rings (SSSR count). The van der Waals surface area contributed by atoms with Gasteiger partial charge in [-0.2, -0.15) is 4.98 Å². The van der Waals surface area contributed by atoms with Gasteiger partial charge in [0.05, 0.1) is 6.20 Å². The number of imidazole rings is 1. The molecule has 0 saturated heterocycles. The maximum absolute atomic E-state index is 14.1. The van der Waals surface area contributed by atoms with Crippen molar-refractivity contribution in [2.45, 2.75) is 31.7 Å². The first-order valence-corrected chi connectivity index (χ1v) is 8.89. The number of nitrogens with zero attached hydrogens (tertiary/aromatic N) is 4. The van der Waals surface area contributed by atoms with E-state index in [-0.39, 0.29) is 30.2 Å². The van der Waals surface area contributed by atoms with E-state index in [1.807, 2.05) is 4.57 Å². The normalized spacial score (nSPS) is 20.1. The van der Waals surface area contributed by atoms with Crippen molar-refractivity contribution in [3.63, 3.8) is 0 Å². The minimum absolute atomic E-state index is 0.0319. The van der Waals surface area contributed by atoms with Crippen LogP contribution in [0.25, 0.3) is 11.2 Å². The molecule has 1 aliphatic rings. The van der Waals surface area contributed by atoms with Gasteiger partial charge in [-0.25, -0.2) is 18.7 Å². The van der Waals surface area contributed by atoms with Gasteiger partial charge in [0.25, 0.3) is 0 Å². The Balaban J connectivity index is 1.78. The van der Waals surface area contributed by atoms with E-state index in [2.05, 4.69) is 20.3 Å². The number of anilines is 3. The number of hydrogen-bond acceptors (Lipinski definition) is 6. The summed E-state index contributed by atoms with van der Waals surface area (Å²) in [6.07, 6.45) is 4.81. The van der Waals surface area contributed by atoms with Gasteiger partial charge in [0.15, 0.2) is 5.65 Å². The summed E-state index contributed by atoms with van der Waals surface area (Å²) in [5.41, 5.74) is 6.49. The third-order valence-corrected chi connectivity index (χ3v) is 5.09. The van der Waals surface area contributed by atoms with Gasteiger partial charge in [-0.15, -0.1) is 0 Å². The highest BCUT2D eigenvalue weighted by atomic mass is 19.1. The van der Waals surface area contributed by atoms with Crippen LogP contribution >= 0.6 is 0 Å². The molecular formula is C18H20F2N6O. The third-order valence-electron chi connectivity index (χ3n) is 5.09. The number of nitrogen functional groups attached to an aromatic ring is 1. The second kappa shape index (κ2) is 7.07. The quantitative estimate of drug-likeness (QED) is 0.648. The van der Waals surface area contributed by atoms with Crippen molar-refractivity contribution in [3.8, 4) is 0 Å². The summed E-state index contributed by atoms with van der Waals surface area (Å²) < 4.78 is 30.1. The second-order valence-corrected chi connectivity index (χ2v) is 6.82. The van der Waals surface area contributed by atoms with E-state index in [9.17, 15) is 13.9 Å². The summed E-state index contributed by atoms with van der Waals surface area (Å²) in [6, 6.07) is 3.70. The number of halogens is 2. The number of benzene rings is 1. The van der Waals surface area contributed by atoms with E-state index < -0.39 is 11.6 Å². The Hall–Kier alpha value is -2.81. The topological polar surface area (TPSA) is 102 Å². The van der Waals surface area contributed by atoms with Crippen LogP contribution in [0.3, 0.4) is 0 Å². The fraction of sp³-hybridized carbons (Fsp3) is 0.389. The molecule has 0 bridgehead atoms. The molecule has 0 spiro atoms. The van der Waals surface area contributed by atoms with Crippen LogP contribution < -0.4 is 11.1 Å². The SMILES string of the molecule is Nc1ncc2nc(Nc3c(F)cccc3F)n(C3CCC(CO)CC3)c2n1. The van der Waals surface area contributed by atoms with Crippen LogP contribution in [0.15, 0.2) is 24.4 Å². The van der Waals surface area contributed by atoms with Gasteiger partial charge in [0.1, 0.15) is 22.8 Å². The highest BCUT2D eigenvalue weighted by molar-refractivity contribution is 5.76. The van der Waals surface area contributed by atoms with Gasteiger partial charge in [0, 0.05) is 12.6 Å². The Morgan fingerprint density at radius 3 is 2.52 bits per heavy atom. The number of aliphatic hydroxyl groups excluding tert-OH is 1. The lowest BCUT2D eigenvalue weighted by Crippen LogP contribution is -2.21. The van der Waals surface area contributed by atoms with Crippen LogP contribution in [0.4, 0.5) is 26.4 Å². The minimum Gasteiger partial charge on any atom is -0.396 e. The zero-order valence-corrected chi connectivity index (χ0v) is 14.6. The van der Waals surface area contributed by atoms with E-state index in [4.69, 9.17) is 5.73 Å². The molecule has 1 saturated carbocycles. The number of aromatic nitrogens is 4. The molecule has 0 amide bonds. The predicted octanol–water partition coefficient (Wildman–Crippen LogP) is 3.15. The van der Waals surface area contributed by atoms with Gasteiger partial charge >= 0.3 is 0 Å². The number of hydrogen-bond donors (Lipinski definition) is 3. The van der Waals surface area contributed by atoms with E-state index >= 15 is 0 Å². The first-order valence-electron chi connectivity index (χ1n) is 8.89. The standard InChI is InChI=1S/C18H20F2N6O/c19-12-2-1-3-13(20)15(12)24-18-23-14-8-22-17(21)25-16(14)26(18)11-6-4-10(9-27)5-7-11/h1-3,8,10-11,27H,4-7,9H2,(H,23,24)(H2,21,22,25). The summed E-state index contributed by atoms with van der Waals surface area (Å²) in [5, 5.41) is 12.2. The van der Waals surface area contributed by atoms with Crippen molar-refractivity contribution in [3.05, 3.63) is 36.0 Å². The molecular weight excluding hydrogens is 354 g/mol. The largest absolute Gasteiger partial charge is 0.396 e. The van der Waals surface area contributed by atoms with Gasteiger partial charge in [-0.3, -0.25) is 4.57 Å². The average Bonchev–Trinajstić information content (AvgIpc) is 3.02. The molecule has 9 heteroatoms. The second-order valence-electron chi connectivity index (χ2n) is 6.82. The van der Waals surface area contributed by atoms with Crippen molar-refractivity contribution in [2.75, 3.05) is 17.7 Å². The fourth-order valence-electron chi connectivity index (χ4n) is 3.65. The fourth-order valence-corrected chi connectivity index (χ4v) is 3.65. The third kappa shape index (κ3) is 3.30. The van der Waals surface area contributed by atoms with E-state index in [0.29, 0.717) is 17.1 Å². The minimum atomic E-state index is -0.705. The molecule has 0 aliphatic heterocycles. The highest BCUT2D eigenvalue weighted by Crippen LogP contribution is 2.37. The maximum atomic E-state index is 14.1. The Morgan fingerprint density at radius 1 is 1.15 bits per heavy atom. The lowest BCUT2D eigenvalue weighted by molar-refractivity contribution is 0.170. The van der Waals surface area contributed by atoms with Gasteiger partial charge in [-0.1, -0.05) is 6.07 Å². The van der Waals surface area contributed by atoms with Crippen molar-refractivity contribution in [1.29, 1.82) is 0 Å². The molecule has 2 heterocycles. The number of aliphatic hydroxyl groups is 1. The van der Waals surface area contributed by atoms with Crippen molar-refractivity contribution in [1.82, 2.24) is 19.5 Å². The molecule has 1 aromatic carbocycles. The van der Waals surface area contributed by atoms with Gasteiger partial charge < -0.3 is 16.2 Å². The molecule has 1 aliphatic carbocycles. The zero-order chi connectivity index (χ0) is 19.0. The number of nitrogens with one attached hydrogen (secondary N) is 1. The van der Waals surface area contributed by atoms with Crippen molar-refractivity contribution in [2.24, 2.45) is 5.92 Å². The van der Waals surface area contributed by atoms with Gasteiger partial charge in [0.2, 0.25) is 11.9 Å².